The Hall–Kier alpha value is -2.35. The van der Waals surface area contributed by atoms with Gasteiger partial charge in [0, 0.05) is 25.0 Å². The third kappa shape index (κ3) is 5.13. The van der Waals surface area contributed by atoms with Gasteiger partial charge in [0.2, 0.25) is 0 Å². The van der Waals surface area contributed by atoms with Gasteiger partial charge in [-0.05, 0) is 30.0 Å². The lowest BCUT2D eigenvalue weighted by atomic mass is 9.99. The molecule has 6 nitrogen and oxygen atoms in total. The van der Waals surface area contributed by atoms with Crippen LogP contribution in [0.25, 0.3) is 10.8 Å². The normalized spacial score (nSPS) is 11.8. The van der Waals surface area contributed by atoms with Gasteiger partial charge in [-0.15, -0.1) is 23.7 Å². The SMILES string of the molecule is Cc1nc(-c2ncccn2)sc1C(=O)NCC(N)c1ccc(C(C)C)cc1.Cl. The van der Waals surface area contributed by atoms with Crippen LogP contribution in [-0.2, 0) is 0 Å². The van der Waals surface area contributed by atoms with Gasteiger partial charge in [-0.1, -0.05) is 38.1 Å². The Morgan fingerprint density at radius 3 is 2.36 bits per heavy atom. The van der Waals surface area contributed by atoms with Crippen molar-refractivity contribution >= 4 is 29.7 Å². The highest BCUT2D eigenvalue weighted by molar-refractivity contribution is 7.17. The zero-order valence-electron chi connectivity index (χ0n) is 16.0. The minimum Gasteiger partial charge on any atom is -0.349 e. The number of thiazole rings is 1. The first-order chi connectivity index (χ1) is 13.0. The summed E-state index contributed by atoms with van der Waals surface area (Å²) in [5.41, 5.74) is 9.17. The van der Waals surface area contributed by atoms with Crippen molar-refractivity contribution < 1.29 is 4.79 Å². The molecule has 3 rings (SSSR count). The molecule has 0 radical (unpaired) electrons. The van der Waals surface area contributed by atoms with E-state index in [1.807, 2.05) is 19.1 Å². The number of carbonyl (C=O) groups is 1. The Bertz CT molecular complexity index is 912. The number of halogens is 1. The van der Waals surface area contributed by atoms with E-state index in [2.05, 4.69) is 46.2 Å². The van der Waals surface area contributed by atoms with E-state index in [1.54, 1.807) is 18.5 Å². The van der Waals surface area contributed by atoms with E-state index in [9.17, 15) is 4.79 Å². The summed E-state index contributed by atoms with van der Waals surface area (Å²) in [5.74, 6) is 0.820. The lowest BCUT2D eigenvalue weighted by Crippen LogP contribution is -2.31. The summed E-state index contributed by atoms with van der Waals surface area (Å²) in [5, 5.41) is 3.54. The Balaban J connectivity index is 0.00000280. The van der Waals surface area contributed by atoms with Gasteiger partial charge >= 0.3 is 0 Å². The molecule has 148 valence electrons. The van der Waals surface area contributed by atoms with E-state index in [1.165, 1.54) is 16.9 Å². The zero-order valence-corrected chi connectivity index (χ0v) is 17.7. The van der Waals surface area contributed by atoms with E-state index in [0.29, 0.717) is 33.9 Å². The molecule has 0 saturated carbocycles. The van der Waals surface area contributed by atoms with Crippen molar-refractivity contribution in [2.75, 3.05) is 6.54 Å². The minimum absolute atomic E-state index is 0. The largest absolute Gasteiger partial charge is 0.349 e. The van der Waals surface area contributed by atoms with Crippen LogP contribution in [0.3, 0.4) is 0 Å². The third-order valence-corrected chi connectivity index (χ3v) is 5.43. The van der Waals surface area contributed by atoms with Crippen LogP contribution in [0.2, 0.25) is 0 Å². The number of hydrogen-bond acceptors (Lipinski definition) is 6. The first-order valence-corrected chi connectivity index (χ1v) is 9.65. The van der Waals surface area contributed by atoms with Crippen molar-refractivity contribution in [3.8, 4) is 10.8 Å². The van der Waals surface area contributed by atoms with Gasteiger partial charge in [-0.2, -0.15) is 0 Å². The first-order valence-electron chi connectivity index (χ1n) is 8.84. The molecule has 3 aromatic rings. The van der Waals surface area contributed by atoms with E-state index in [4.69, 9.17) is 5.73 Å². The molecular weight excluding hydrogens is 394 g/mol. The zero-order chi connectivity index (χ0) is 19.4. The average molecular weight is 418 g/mol. The summed E-state index contributed by atoms with van der Waals surface area (Å²) < 4.78 is 0. The number of benzene rings is 1. The second kappa shape index (κ2) is 9.73. The lowest BCUT2D eigenvalue weighted by molar-refractivity contribution is 0.0954. The lowest BCUT2D eigenvalue weighted by Gasteiger charge is -2.14. The fraction of sp³-hybridized carbons (Fsp3) is 0.300. The highest BCUT2D eigenvalue weighted by atomic mass is 35.5. The molecule has 0 fully saturated rings. The number of nitrogens with two attached hydrogens (primary N) is 1. The minimum atomic E-state index is -0.264. The van der Waals surface area contributed by atoms with Crippen LogP contribution < -0.4 is 11.1 Å². The van der Waals surface area contributed by atoms with Crippen molar-refractivity contribution in [2.45, 2.75) is 32.7 Å². The van der Waals surface area contributed by atoms with E-state index >= 15 is 0 Å². The molecule has 1 unspecified atom stereocenters. The molecule has 1 amide bonds. The summed E-state index contributed by atoms with van der Waals surface area (Å²) in [6.07, 6.45) is 3.31. The first kappa shape index (κ1) is 21.9. The average Bonchev–Trinajstić information content (AvgIpc) is 3.08. The predicted molar refractivity (Wildman–Crippen MR) is 115 cm³/mol. The molecule has 0 saturated heterocycles. The maximum Gasteiger partial charge on any atom is 0.263 e. The second-order valence-electron chi connectivity index (χ2n) is 6.64. The number of amides is 1. The Morgan fingerprint density at radius 1 is 1.14 bits per heavy atom. The summed E-state index contributed by atoms with van der Waals surface area (Å²) in [6.45, 7) is 6.47. The molecular formula is C20H24ClN5OS. The van der Waals surface area contributed by atoms with E-state index in [-0.39, 0.29) is 24.4 Å². The predicted octanol–water partition coefficient (Wildman–Crippen LogP) is 3.88. The molecule has 1 atom stereocenters. The number of hydrogen-bond donors (Lipinski definition) is 2. The van der Waals surface area contributed by atoms with Crippen LogP contribution >= 0.6 is 23.7 Å². The Kier molecular flexibility index (Phi) is 7.62. The van der Waals surface area contributed by atoms with Crippen LogP contribution in [0.1, 0.15) is 52.3 Å². The Morgan fingerprint density at radius 2 is 1.75 bits per heavy atom. The van der Waals surface area contributed by atoms with E-state index in [0.717, 1.165) is 5.56 Å². The molecule has 0 spiro atoms. The molecule has 3 N–H and O–H groups in total. The fourth-order valence-electron chi connectivity index (χ4n) is 2.64. The molecule has 0 aliphatic rings. The van der Waals surface area contributed by atoms with Gasteiger partial charge in [-0.25, -0.2) is 15.0 Å². The number of carbonyl (C=O) groups excluding carboxylic acids is 1. The summed E-state index contributed by atoms with van der Waals surface area (Å²) in [6, 6.07) is 9.69. The number of rotatable bonds is 6. The summed E-state index contributed by atoms with van der Waals surface area (Å²) >= 11 is 1.28. The molecule has 2 heterocycles. The van der Waals surface area contributed by atoms with Crippen LogP contribution in [-0.4, -0.2) is 27.4 Å². The molecule has 28 heavy (non-hydrogen) atoms. The second-order valence-corrected chi connectivity index (χ2v) is 7.64. The number of nitrogens with one attached hydrogen (secondary N) is 1. The van der Waals surface area contributed by atoms with Crippen LogP contribution in [0, 0.1) is 6.92 Å². The molecule has 2 aromatic heterocycles. The summed E-state index contributed by atoms with van der Waals surface area (Å²) in [7, 11) is 0. The topological polar surface area (TPSA) is 93.8 Å². The molecule has 1 aromatic carbocycles. The highest BCUT2D eigenvalue weighted by Gasteiger charge is 2.18. The fourth-order valence-corrected chi connectivity index (χ4v) is 3.57. The van der Waals surface area contributed by atoms with Crippen molar-refractivity contribution in [1.29, 1.82) is 0 Å². The van der Waals surface area contributed by atoms with Gasteiger partial charge in [0.25, 0.3) is 5.91 Å². The van der Waals surface area contributed by atoms with Crippen molar-refractivity contribution in [3.63, 3.8) is 0 Å². The van der Waals surface area contributed by atoms with Crippen LogP contribution in [0.4, 0.5) is 0 Å². The van der Waals surface area contributed by atoms with Gasteiger partial charge < -0.3 is 11.1 Å². The maximum absolute atomic E-state index is 12.6. The molecule has 0 bridgehead atoms. The van der Waals surface area contributed by atoms with Crippen molar-refractivity contribution in [2.24, 2.45) is 5.73 Å². The van der Waals surface area contributed by atoms with Gasteiger partial charge in [0.05, 0.1) is 5.69 Å². The van der Waals surface area contributed by atoms with Gasteiger partial charge in [0.15, 0.2) is 10.8 Å². The van der Waals surface area contributed by atoms with Gasteiger partial charge in [0.1, 0.15) is 4.88 Å². The van der Waals surface area contributed by atoms with Gasteiger partial charge in [-0.3, -0.25) is 4.79 Å². The quantitative estimate of drug-likeness (QED) is 0.634. The standard InChI is InChI=1S/C20H23N5OS.ClH/c1-12(2)14-5-7-15(8-6-14)16(21)11-24-19(26)17-13(3)25-20(27-17)18-22-9-4-10-23-18;/h4-10,12,16H,11,21H2,1-3H3,(H,24,26);1H. The number of aromatic nitrogens is 3. The number of aryl methyl sites for hydroxylation is 1. The Labute approximate surface area is 175 Å². The van der Waals surface area contributed by atoms with Crippen LogP contribution in [0.5, 0.6) is 0 Å². The number of nitrogens with zero attached hydrogens (tertiary/aromatic N) is 3. The van der Waals surface area contributed by atoms with E-state index < -0.39 is 0 Å². The van der Waals surface area contributed by atoms with Crippen LogP contribution in [0.15, 0.2) is 42.7 Å². The maximum atomic E-state index is 12.6. The molecule has 8 heteroatoms. The van der Waals surface area contributed by atoms with Crippen molar-refractivity contribution in [1.82, 2.24) is 20.3 Å². The monoisotopic (exact) mass is 417 g/mol. The highest BCUT2D eigenvalue weighted by Crippen LogP contribution is 2.25. The third-order valence-electron chi connectivity index (χ3n) is 4.27. The smallest absolute Gasteiger partial charge is 0.263 e. The molecule has 0 aliphatic carbocycles. The molecule has 0 aliphatic heterocycles. The van der Waals surface area contributed by atoms with Crippen molar-refractivity contribution in [3.05, 3.63) is 64.4 Å². The summed E-state index contributed by atoms with van der Waals surface area (Å²) in [4.78, 5) is 25.9.